The van der Waals surface area contributed by atoms with Gasteiger partial charge in [-0.25, -0.2) is 9.97 Å². The van der Waals surface area contributed by atoms with Crippen molar-refractivity contribution in [3.63, 3.8) is 0 Å². The van der Waals surface area contributed by atoms with Crippen molar-refractivity contribution in [2.45, 2.75) is 13.5 Å². The molecule has 0 atom stereocenters. The third kappa shape index (κ3) is 4.33. The molecule has 0 aliphatic carbocycles. The van der Waals surface area contributed by atoms with Gasteiger partial charge in [0.2, 0.25) is 0 Å². The summed E-state index contributed by atoms with van der Waals surface area (Å²) in [5.41, 5.74) is 2.61. The van der Waals surface area contributed by atoms with Crippen LogP contribution in [0.15, 0.2) is 60.9 Å². The van der Waals surface area contributed by atoms with E-state index in [1.807, 2.05) is 31.2 Å². The van der Waals surface area contributed by atoms with E-state index in [1.165, 1.54) is 12.3 Å². The minimum absolute atomic E-state index is 0.254. The molecule has 0 fully saturated rings. The number of carbonyl (C=O) groups excluding carboxylic acids is 1. The number of benzene rings is 1. The van der Waals surface area contributed by atoms with Crippen molar-refractivity contribution in [3.8, 4) is 5.75 Å². The third-order valence-electron chi connectivity index (χ3n) is 3.64. The molecule has 0 aliphatic heterocycles. The van der Waals surface area contributed by atoms with Crippen LogP contribution in [0, 0.1) is 6.92 Å². The number of carbonyl (C=O) groups is 1. The molecule has 0 unspecified atom stereocenters. The molecule has 0 saturated carbocycles. The van der Waals surface area contributed by atoms with Gasteiger partial charge in [-0.05, 0) is 42.3 Å². The van der Waals surface area contributed by atoms with Crippen LogP contribution in [0.25, 0.3) is 0 Å². The van der Waals surface area contributed by atoms with Crippen molar-refractivity contribution in [3.05, 3.63) is 82.8 Å². The van der Waals surface area contributed by atoms with Crippen LogP contribution in [0.1, 0.15) is 21.5 Å². The van der Waals surface area contributed by atoms with Gasteiger partial charge in [0.05, 0.1) is 0 Å². The molecule has 0 spiro atoms. The highest BCUT2D eigenvalue weighted by Gasteiger charge is 2.12. The largest absolute Gasteiger partial charge is 0.485 e. The molecule has 1 aromatic carbocycles. The molecule has 0 aliphatic rings. The van der Waals surface area contributed by atoms with Crippen LogP contribution in [0.5, 0.6) is 5.75 Å². The Labute approximate surface area is 150 Å². The summed E-state index contributed by atoms with van der Waals surface area (Å²) in [4.78, 5) is 20.4. The minimum atomic E-state index is -0.330. The van der Waals surface area contributed by atoms with Crippen molar-refractivity contribution in [1.82, 2.24) is 9.97 Å². The molecular formula is C19H16ClN3O2. The maximum atomic E-state index is 12.4. The lowest BCUT2D eigenvalue weighted by molar-refractivity contribution is 0.102. The van der Waals surface area contributed by atoms with Gasteiger partial charge in [-0.1, -0.05) is 35.9 Å². The zero-order valence-corrected chi connectivity index (χ0v) is 14.3. The van der Waals surface area contributed by atoms with E-state index in [-0.39, 0.29) is 11.1 Å². The zero-order chi connectivity index (χ0) is 17.6. The smallest absolute Gasteiger partial charge is 0.257 e. The van der Waals surface area contributed by atoms with E-state index in [1.54, 1.807) is 24.4 Å². The van der Waals surface area contributed by atoms with Gasteiger partial charge in [-0.2, -0.15) is 0 Å². The summed E-state index contributed by atoms with van der Waals surface area (Å²) in [6.45, 7) is 2.42. The van der Waals surface area contributed by atoms with Crippen molar-refractivity contribution in [2.24, 2.45) is 0 Å². The Morgan fingerprint density at radius 2 is 1.96 bits per heavy atom. The Morgan fingerprint density at radius 3 is 2.76 bits per heavy atom. The average Bonchev–Trinajstić information content (AvgIpc) is 2.62. The van der Waals surface area contributed by atoms with Gasteiger partial charge in [-0.3, -0.25) is 4.79 Å². The van der Waals surface area contributed by atoms with E-state index in [4.69, 9.17) is 16.3 Å². The second kappa shape index (κ2) is 7.77. The van der Waals surface area contributed by atoms with E-state index in [0.29, 0.717) is 23.7 Å². The minimum Gasteiger partial charge on any atom is -0.485 e. The second-order valence-corrected chi connectivity index (χ2v) is 5.77. The molecule has 126 valence electrons. The molecule has 1 amide bonds. The van der Waals surface area contributed by atoms with Gasteiger partial charge in [0.25, 0.3) is 5.91 Å². The van der Waals surface area contributed by atoms with Crippen molar-refractivity contribution in [2.75, 3.05) is 5.32 Å². The molecule has 0 radical (unpaired) electrons. The molecule has 6 heteroatoms. The van der Waals surface area contributed by atoms with Gasteiger partial charge < -0.3 is 10.1 Å². The van der Waals surface area contributed by atoms with Crippen LogP contribution in [0.2, 0.25) is 5.15 Å². The highest BCUT2D eigenvalue weighted by atomic mass is 35.5. The summed E-state index contributed by atoms with van der Waals surface area (Å²) in [6, 6.07) is 14.6. The first kappa shape index (κ1) is 16.9. The SMILES string of the molecule is Cc1ccccc1COc1cccnc1NC(=O)c1ccnc(Cl)c1. The number of ether oxygens (including phenoxy) is 1. The maximum Gasteiger partial charge on any atom is 0.257 e. The molecule has 1 N–H and O–H groups in total. The fourth-order valence-corrected chi connectivity index (χ4v) is 2.43. The molecule has 3 aromatic rings. The molecule has 0 bridgehead atoms. The highest BCUT2D eigenvalue weighted by Crippen LogP contribution is 2.23. The lowest BCUT2D eigenvalue weighted by Crippen LogP contribution is -2.14. The van der Waals surface area contributed by atoms with E-state index in [2.05, 4.69) is 15.3 Å². The lowest BCUT2D eigenvalue weighted by atomic mass is 10.1. The van der Waals surface area contributed by atoms with Crippen LogP contribution in [0.4, 0.5) is 5.82 Å². The number of amides is 1. The molecule has 2 heterocycles. The monoisotopic (exact) mass is 353 g/mol. The predicted molar refractivity (Wildman–Crippen MR) is 96.9 cm³/mol. The van der Waals surface area contributed by atoms with Gasteiger partial charge in [0.15, 0.2) is 11.6 Å². The summed E-state index contributed by atoms with van der Waals surface area (Å²) in [7, 11) is 0. The Kier molecular flexibility index (Phi) is 5.26. The van der Waals surface area contributed by atoms with Crippen molar-refractivity contribution >= 4 is 23.3 Å². The van der Waals surface area contributed by atoms with Crippen molar-refractivity contribution < 1.29 is 9.53 Å². The number of nitrogens with zero attached hydrogens (tertiary/aromatic N) is 2. The lowest BCUT2D eigenvalue weighted by Gasteiger charge is -2.12. The number of hydrogen-bond acceptors (Lipinski definition) is 4. The molecule has 5 nitrogen and oxygen atoms in total. The van der Waals surface area contributed by atoms with Crippen molar-refractivity contribution in [1.29, 1.82) is 0 Å². The van der Waals surface area contributed by atoms with Gasteiger partial charge in [-0.15, -0.1) is 0 Å². The Morgan fingerprint density at radius 1 is 1.12 bits per heavy atom. The van der Waals surface area contributed by atoms with Crippen LogP contribution in [-0.2, 0) is 6.61 Å². The Hall–Kier alpha value is -2.92. The fraction of sp³-hybridized carbons (Fsp3) is 0.105. The first-order valence-corrected chi connectivity index (χ1v) is 8.06. The van der Waals surface area contributed by atoms with Crippen LogP contribution in [-0.4, -0.2) is 15.9 Å². The number of nitrogens with one attached hydrogen (secondary N) is 1. The number of rotatable bonds is 5. The predicted octanol–water partition coefficient (Wildman–Crippen LogP) is 4.27. The van der Waals surface area contributed by atoms with Gasteiger partial charge in [0, 0.05) is 18.0 Å². The molecule has 3 rings (SSSR count). The Balaban J connectivity index is 1.75. The zero-order valence-electron chi connectivity index (χ0n) is 13.6. The van der Waals surface area contributed by atoms with Crippen LogP contribution < -0.4 is 10.1 Å². The number of aryl methyl sites for hydroxylation is 1. The van der Waals surface area contributed by atoms with E-state index >= 15 is 0 Å². The average molecular weight is 354 g/mol. The molecule has 25 heavy (non-hydrogen) atoms. The molecule has 2 aromatic heterocycles. The third-order valence-corrected chi connectivity index (χ3v) is 3.84. The van der Waals surface area contributed by atoms with E-state index in [0.717, 1.165) is 11.1 Å². The van der Waals surface area contributed by atoms with Gasteiger partial charge in [0.1, 0.15) is 11.8 Å². The van der Waals surface area contributed by atoms with Gasteiger partial charge >= 0.3 is 0 Å². The number of anilines is 1. The second-order valence-electron chi connectivity index (χ2n) is 5.39. The summed E-state index contributed by atoms with van der Waals surface area (Å²) < 4.78 is 5.85. The number of pyridine rings is 2. The summed E-state index contributed by atoms with van der Waals surface area (Å²) in [5, 5.41) is 3.00. The quantitative estimate of drug-likeness (QED) is 0.696. The molecular weight excluding hydrogens is 338 g/mol. The fourth-order valence-electron chi connectivity index (χ4n) is 2.25. The summed E-state index contributed by atoms with van der Waals surface area (Å²) >= 11 is 5.82. The first-order chi connectivity index (χ1) is 12.1. The van der Waals surface area contributed by atoms with E-state index < -0.39 is 0 Å². The highest BCUT2D eigenvalue weighted by molar-refractivity contribution is 6.29. The van der Waals surface area contributed by atoms with E-state index in [9.17, 15) is 4.79 Å². The maximum absolute atomic E-state index is 12.4. The normalized spacial score (nSPS) is 10.3. The Bertz CT molecular complexity index is 899. The van der Waals surface area contributed by atoms with Crippen LogP contribution in [0.3, 0.4) is 0 Å². The summed E-state index contributed by atoms with van der Waals surface area (Å²) in [6.07, 6.45) is 3.07. The first-order valence-electron chi connectivity index (χ1n) is 7.69. The number of aromatic nitrogens is 2. The number of hydrogen-bond donors (Lipinski definition) is 1. The number of halogens is 1. The topological polar surface area (TPSA) is 64.1 Å². The summed E-state index contributed by atoms with van der Waals surface area (Å²) in [5.74, 6) is 0.525. The molecule has 0 saturated heterocycles. The standard InChI is InChI=1S/C19H16ClN3O2/c1-13-5-2-3-6-15(13)12-25-16-7-4-9-22-18(16)23-19(24)14-8-10-21-17(20)11-14/h2-11H,12H2,1H3,(H,22,23,24). The van der Waals surface area contributed by atoms with Crippen LogP contribution >= 0.6 is 11.6 Å².